The lowest BCUT2D eigenvalue weighted by molar-refractivity contribution is 0.661. The number of para-hydroxylation sites is 1. The van der Waals surface area contributed by atoms with E-state index in [-0.39, 0.29) is 5.41 Å². The van der Waals surface area contributed by atoms with Gasteiger partial charge in [0.25, 0.3) is 0 Å². The van der Waals surface area contributed by atoms with E-state index in [1.165, 1.54) is 93.2 Å². The van der Waals surface area contributed by atoms with Crippen LogP contribution in [-0.4, -0.2) is 14.8 Å². The number of rotatable bonds is 6. The van der Waals surface area contributed by atoms with E-state index in [2.05, 4.69) is 219 Å². The molecule has 310 valence electrons. The van der Waals surface area contributed by atoms with Crippen LogP contribution in [0.3, 0.4) is 0 Å². The van der Waals surface area contributed by atoms with Gasteiger partial charge in [0.1, 0.15) is 0 Å². The molecule has 1 aromatic heterocycles. The second-order valence-corrected chi connectivity index (χ2v) is 18.2. The predicted octanol–water partition coefficient (Wildman–Crippen LogP) is 16.5. The quantitative estimate of drug-likeness (QED) is 0.156. The number of nitrogens with zero attached hydrogens (tertiary/aromatic N) is 3. The Labute approximate surface area is 383 Å². The maximum absolute atomic E-state index is 4.83. The molecule has 0 saturated carbocycles. The minimum absolute atomic E-state index is 0.153. The van der Waals surface area contributed by atoms with Gasteiger partial charge < -0.3 is 0 Å². The molecule has 0 unspecified atom stereocenters. The molecule has 0 amide bonds. The summed E-state index contributed by atoms with van der Waals surface area (Å²) in [5.74, 6) is 1.61. The molecule has 0 radical (unpaired) electrons. The summed E-state index contributed by atoms with van der Waals surface area (Å²) in [6, 6.07) is 81.9. The van der Waals surface area contributed by atoms with Gasteiger partial charge in [0.15, 0.2) is 11.6 Å². The van der Waals surface area contributed by atoms with Crippen LogP contribution in [0.5, 0.6) is 0 Å². The van der Waals surface area contributed by atoms with Crippen LogP contribution in [0, 0.1) is 0 Å². The molecule has 0 atom stereocenters. The fourth-order valence-corrected chi connectivity index (χ4v) is 10.9. The minimum atomic E-state index is -0.153. The monoisotopic (exact) mass is 841 g/mol. The first-order chi connectivity index (χ1) is 32.5. The maximum atomic E-state index is 4.83. The average molecular weight is 842 g/mol. The fourth-order valence-electron chi connectivity index (χ4n) is 10.9. The maximum Gasteiger partial charge on any atom is 0.168 e. The Hall–Kier alpha value is -8.40. The highest BCUT2D eigenvalue weighted by molar-refractivity contribution is 6.23. The lowest BCUT2D eigenvalue weighted by Gasteiger charge is -2.24. The molecule has 11 aromatic carbocycles. The highest BCUT2D eigenvalue weighted by Crippen LogP contribution is 2.53. The van der Waals surface area contributed by atoms with Crippen molar-refractivity contribution in [3.63, 3.8) is 0 Å². The third kappa shape index (κ3) is 5.90. The average Bonchev–Trinajstić information content (AvgIpc) is 3.92. The molecule has 1 aliphatic carbocycles. The zero-order valence-corrected chi connectivity index (χ0v) is 36.7. The molecule has 0 bridgehead atoms. The van der Waals surface area contributed by atoms with Crippen molar-refractivity contribution in [1.29, 1.82) is 0 Å². The van der Waals surface area contributed by atoms with E-state index in [4.69, 9.17) is 10.2 Å². The Morgan fingerprint density at radius 1 is 0.318 bits per heavy atom. The number of hydrogen-bond acceptors (Lipinski definition) is 2. The number of benzene rings is 11. The minimum Gasteiger partial charge on any atom is -0.275 e. The van der Waals surface area contributed by atoms with Crippen molar-refractivity contribution < 1.29 is 0 Å². The Morgan fingerprint density at radius 2 is 0.833 bits per heavy atom. The van der Waals surface area contributed by atoms with Gasteiger partial charge in [-0.2, -0.15) is 0 Å². The van der Waals surface area contributed by atoms with Crippen molar-refractivity contribution in [2.75, 3.05) is 0 Å². The van der Waals surface area contributed by atoms with Crippen LogP contribution in [0.1, 0.15) is 25.0 Å². The Bertz CT molecular complexity index is 3870. The first-order valence-corrected chi connectivity index (χ1v) is 22.8. The SMILES string of the molecule is CC1(C)c2ccccc2-c2cc3c(-c4ccc(-c5nnc(-c6ccccc6)n5-c5ccccc5)cc4)c4ccccc4c(-c4ccc5cc(-c6cccc7ccccc67)ccc5c4)c3cc21. The molecule has 0 fully saturated rings. The van der Waals surface area contributed by atoms with Crippen LogP contribution < -0.4 is 0 Å². The Balaban J connectivity index is 1.01. The van der Waals surface area contributed by atoms with E-state index in [0.29, 0.717) is 0 Å². The highest BCUT2D eigenvalue weighted by Gasteiger charge is 2.36. The zero-order valence-electron chi connectivity index (χ0n) is 36.7. The van der Waals surface area contributed by atoms with Gasteiger partial charge in [0.05, 0.1) is 0 Å². The molecular formula is C63H43N3. The number of fused-ring (bicyclic) bond motifs is 7. The van der Waals surface area contributed by atoms with Gasteiger partial charge in [-0.1, -0.05) is 202 Å². The summed E-state index contributed by atoms with van der Waals surface area (Å²) in [6.45, 7) is 4.76. The molecule has 66 heavy (non-hydrogen) atoms. The van der Waals surface area contributed by atoms with Crippen molar-refractivity contribution in [2.45, 2.75) is 19.3 Å². The third-order valence-corrected chi connectivity index (χ3v) is 14.1. The summed E-state index contributed by atoms with van der Waals surface area (Å²) < 4.78 is 2.17. The lowest BCUT2D eigenvalue weighted by Crippen LogP contribution is -2.14. The van der Waals surface area contributed by atoms with Crippen LogP contribution in [0.25, 0.3) is 116 Å². The van der Waals surface area contributed by atoms with Gasteiger partial charge in [-0.15, -0.1) is 10.2 Å². The fraction of sp³-hybridized carbons (Fsp3) is 0.0476. The first-order valence-electron chi connectivity index (χ1n) is 22.8. The second-order valence-electron chi connectivity index (χ2n) is 18.2. The van der Waals surface area contributed by atoms with Gasteiger partial charge in [-0.3, -0.25) is 4.57 Å². The molecule has 0 aliphatic heterocycles. The Kier molecular flexibility index (Phi) is 8.56. The van der Waals surface area contributed by atoms with Gasteiger partial charge in [-0.05, 0) is 135 Å². The molecule has 0 N–H and O–H groups in total. The number of aromatic nitrogens is 3. The second kappa shape index (κ2) is 14.8. The summed E-state index contributed by atoms with van der Waals surface area (Å²) in [7, 11) is 0. The molecule has 13 rings (SSSR count). The van der Waals surface area contributed by atoms with E-state index in [0.717, 1.165) is 34.0 Å². The summed E-state index contributed by atoms with van der Waals surface area (Å²) in [4.78, 5) is 0. The summed E-state index contributed by atoms with van der Waals surface area (Å²) in [5, 5.41) is 19.5. The van der Waals surface area contributed by atoms with Crippen molar-refractivity contribution in [3.8, 4) is 73.0 Å². The largest absolute Gasteiger partial charge is 0.275 e. The van der Waals surface area contributed by atoms with E-state index in [9.17, 15) is 0 Å². The smallest absolute Gasteiger partial charge is 0.168 e. The zero-order chi connectivity index (χ0) is 43.9. The number of hydrogen-bond donors (Lipinski definition) is 0. The van der Waals surface area contributed by atoms with Crippen LogP contribution in [0.4, 0.5) is 0 Å². The molecular weight excluding hydrogens is 799 g/mol. The topological polar surface area (TPSA) is 30.7 Å². The van der Waals surface area contributed by atoms with E-state index in [1.54, 1.807) is 0 Å². The molecule has 0 spiro atoms. The van der Waals surface area contributed by atoms with Crippen molar-refractivity contribution in [2.24, 2.45) is 0 Å². The van der Waals surface area contributed by atoms with Gasteiger partial charge in [0.2, 0.25) is 0 Å². The standard InChI is InChI=1S/C63H43N3/c1-63(2)57-27-14-13-23-51(57)54-38-55-56(39-58(54)63)60(47-35-33-44-36-46(34-32-45(44)37-47)50-26-15-19-40-16-9-10-22-49(40)50)53-25-12-11-24-52(53)59(55)41-28-30-43(31-29-41)62-65-64-61(42-17-5-3-6-18-42)66(62)48-20-7-4-8-21-48/h3-39H,1-2H3. The third-order valence-electron chi connectivity index (χ3n) is 14.1. The van der Waals surface area contributed by atoms with E-state index < -0.39 is 0 Å². The predicted molar refractivity (Wildman–Crippen MR) is 276 cm³/mol. The lowest BCUT2D eigenvalue weighted by atomic mass is 9.79. The van der Waals surface area contributed by atoms with Crippen LogP contribution in [0.15, 0.2) is 224 Å². The summed E-state index contributed by atoms with van der Waals surface area (Å²) >= 11 is 0. The molecule has 0 saturated heterocycles. The summed E-state index contributed by atoms with van der Waals surface area (Å²) in [6.07, 6.45) is 0. The van der Waals surface area contributed by atoms with Crippen molar-refractivity contribution >= 4 is 43.1 Å². The molecule has 3 nitrogen and oxygen atoms in total. The summed E-state index contributed by atoms with van der Waals surface area (Å²) in [5.41, 5.74) is 15.6. The molecule has 1 aliphatic rings. The molecule has 3 heteroatoms. The van der Waals surface area contributed by atoms with Crippen molar-refractivity contribution in [3.05, 3.63) is 236 Å². The van der Waals surface area contributed by atoms with E-state index >= 15 is 0 Å². The van der Waals surface area contributed by atoms with Crippen molar-refractivity contribution in [1.82, 2.24) is 14.8 Å². The van der Waals surface area contributed by atoms with Crippen LogP contribution >= 0.6 is 0 Å². The first kappa shape index (κ1) is 38.1. The molecule has 1 heterocycles. The Morgan fingerprint density at radius 3 is 1.58 bits per heavy atom. The van der Waals surface area contributed by atoms with Gasteiger partial charge in [-0.25, -0.2) is 0 Å². The van der Waals surface area contributed by atoms with Crippen LogP contribution in [0.2, 0.25) is 0 Å². The van der Waals surface area contributed by atoms with E-state index in [1.807, 2.05) is 24.3 Å². The van der Waals surface area contributed by atoms with Gasteiger partial charge >= 0.3 is 0 Å². The normalized spacial score (nSPS) is 12.8. The highest BCUT2D eigenvalue weighted by atomic mass is 15.3. The molecule has 12 aromatic rings. The van der Waals surface area contributed by atoms with Gasteiger partial charge in [0, 0.05) is 22.2 Å². The van der Waals surface area contributed by atoms with Crippen LogP contribution in [-0.2, 0) is 5.41 Å².